The van der Waals surface area contributed by atoms with Crippen molar-refractivity contribution in [1.29, 1.82) is 0 Å². The Labute approximate surface area is 210 Å². The van der Waals surface area contributed by atoms with E-state index in [0.717, 1.165) is 29.8 Å². The van der Waals surface area contributed by atoms with Gasteiger partial charge in [0.05, 0.1) is 6.61 Å². The van der Waals surface area contributed by atoms with E-state index in [1.54, 1.807) is 30.3 Å². The molecule has 1 aliphatic heterocycles. The second-order valence-corrected chi connectivity index (χ2v) is 8.78. The zero-order valence-electron chi connectivity index (χ0n) is 20.0. The maximum atomic E-state index is 13.4. The highest BCUT2D eigenvalue weighted by atomic mass is 19.1. The Kier molecular flexibility index (Phi) is 8.95. The molecule has 0 spiro atoms. The van der Waals surface area contributed by atoms with Gasteiger partial charge in [-0.15, -0.1) is 0 Å². The summed E-state index contributed by atoms with van der Waals surface area (Å²) in [5.41, 5.74) is 2.56. The Balaban J connectivity index is 1.31. The van der Waals surface area contributed by atoms with Crippen LogP contribution in [-0.2, 0) is 9.53 Å². The number of benzene rings is 3. The van der Waals surface area contributed by atoms with Crippen LogP contribution in [0.2, 0.25) is 0 Å². The summed E-state index contributed by atoms with van der Waals surface area (Å²) in [5.74, 6) is -1.51. The highest BCUT2D eigenvalue weighted by Crippen LogP contribution is 2.26. The molecule has 1 N–H and O–H groups in total. The Morgan fingerprint density at radius 2 is 1.42 bits per heavy atom. The van der Waals surface area contributed by atoms with Crippen LogP contribution in [0.3, 0.4) is 0 Å². The molecular weight excluding hydrogens is 462 g/mol. The van der Waals surface area contributed by atoms with Gasteiger partial charge in [0.2, 0.25) is 0 Å². The van der Waals surface area contributed by atoms with E-state index in [-0.39, 0.29) is 11.6 Å². The van der Waals surface area contributed by atoms with Crippen molar-refractivity contribution in [2.75, 3.05) is 39.3 Å². The van der Waals surface area contributed by atoms with Crippen molar-refractivity contribution in [3.63, 3.8) is 0 Å². The third kappa shape index (κ3) is 7.07. The highest BCUT2D eigenvalue weighted by molar-refractivity contribution is 5.77. The molecule has 188 valence electrons. The summed E-state index contributed by atoms with van der Waals surface area (Å²) in [6.07, 6.45) is 3.16. The van der Waals surface area contributed by atoms with Gasteiger partial charge < -0.3 is 9.84 Å². The van der Waals surface area contributed by atoms with Gasteiger partial charge >= 0.3 is 5.97 Å². The van der Waals surface area contributed by atoms with Crippen molar-refractivity contribution < 1.29 is 23.4 Å². The summed E-state index contributed by atoms with van der Waals surface area (Å²) in [4.78, 5) is 16.1. The standard InChI is InChI=1S/C29H30F2N2O3/c30-25-11-7-23(8-12-25)28(24-9-13-26(31)14-10-24)36-21-20-32-16-18-33(19-17-32)27(29(34)35)15-6-22-4-2-1-3-5-22/h1-15,27-28H,16-21H2,(H,34,35)/b15-6+. The first-order valence-electron chi connectivity index (χ1n) is 12.0. The molecule has 0 amide bonds. The monoisotopic (exact) mass is 492 g/mol. The molecule has 3 aromatic carbocycles. The van der Waals surface area contributed by atoms with E-state index in [4.69, 9.17) is 4.74 Å². The summed E-state index contributed by atoms with van der Waals surface area (Å²) >= 11 is 0. The SMILES string of the molecule is O=C(O)C(/C=C/c1ccccc1)N1CCN(CCOC(c2ccc(F)cc2)c2ccc(F)cc2)CC1. The molecule has 4 rings (SSSR count). The maximum absolute atomic E-state index is 13.4. The molecule has 1 unspecified atom stereocenters. The van der Waals surface area contributed by atoms with Crippen LogP contribution in [0.1, 0.15) is 22.8 Å². The van der Waals surface area contributed by atoms with Crippen molar-refractivity contribution >= 4 is 12.0 Å². The smallest absolute Gasteiger partial charge is 0.324 e. The van der Waals surface area contributed by atoms with Gasteiger partial charge in [-0.1, -0.05) is 66.7 Å². The van der Waals surface area contributed by atoms with Gasteiger partial charge in [-0.05, 0) is 41.0 Å². The lowest BCUT2D eigenvalue weighted by Crippen LogP contribution is -2.52. The van der Waals surface area contributed by atoms with Crippen LogP contribution in [-0.4, -0.2) is 66.2 Å². The third-order valence-electron chi connectivity index (χ3n) is 6.36. The molecule has 1 fully saturated rings. The fraction of sp³-hybridized carbons (Fsp3) is 0.276. The predicted octanol–water partition coefficient (Wildman–Crippen LogP) is 4.86. The third-order valence-corrected chi connectivity index (χ3v) is 6.36. The lowest BCUT2D eigenvalue weighted by molar-refractivity contribution is -0.142. The number of halogens is 2. The van der Waals surface area contributed by atoms with E-state index in [0.29, 0.717) is 26.2 Å². The number of carbonyl (C=O) groups is 1. The zero-order chi connectivity index (χ0) is 25.3. The molecule has 0 aromatic heterocycles. The number of hydrogen-bond donors (Lipinski definition) is 1. The second-order valence-electron chi connectivity index (χ2n) is 8.78. The van der Waals surface area contributed by atoms with Gasteiger partial charge in [-0.3, -0.25) is 14.6 Å². The molecule has 5 nitrogen and oxygen atoms in total. The molecule has 1 heterocycles. The number of nitrogens with zero attached hydrogens (tertiary/aromatic N) is 2. The fourth-order valence-corrected chi connectivity index (χ4v) is 4.35. The first-order valence-corrected chi connectivity index (χ1v) is 12.0. The van der Waals surface area contributed by atoms with Gasteiger partial charge in [0.1, 0.15) is 23.8 Å². The van der Waals surface area contributed by atoms with Gasteiger partial charge in [-0.25, -0.2) is 8.78 Å². The fourth-order valence-electron chi connectivity index (χ4n) is 4.35. The number of aliphatic carboxylic acids is 1. The van der Waals surface area contributed by atoms with Crippen LogP contribution >= 0.6 is 0 Å². The Morgan fingerprint density at radius 3 is 1.94 bits per heavy atom. The number of rotatable bonds is 10. The lowest BCUT2D eigenvalue weighted by atomic mass is 10.0. The molecular formula is C29H30F2N2O3. The number of carboxylic acid groups (broad SMARTS) is 1. The minimum Gasteiger partial charge on any atom is -0.480 e. The summed E-state index contributed by atoms with van der Waals surface area (Å²) in [7, 11) is 0. The van der Waals surface area contributed by atoms with Crippen molar-refractivity contribution in [2.45, 2.75) is 12.1 Å². The molecule has 36 heavy (non-hydrogen) atoms. The van der Waals surface area contributed by atoms with E-state index in [1.165, 1.54) is 24.3 Å². The van der Waals surface area contributed by atoms with Crippen LogP contribution < -0.4 is 0 Å². The Bertz CT molecular complexity index is 1080. The number of ether oxygens (including phenoxy) is 1. The molecule has 3 aromatic rings. The average Bonchev–Trinajstić information content (AvgIpc) is 2.89. The highest BCUT2D eigenvalue weighted by Gasteiger charge is 2.27. The molecule has 0 bridgehead atoms. The van der Waals surface area contributed by atoms with Crippen LogP contribution in [0.5, 0.6) is 0 Å². The molecule has 7 heteroatoms. The topological polar surface area (TPSA) is 53.0 Å². The van der Waals surface area contributed by atoms with E-state index in [2.05, 4.69) is 4.90 Å². The quantitative estimate of drug-likeness (QED) is 0.438. The normalized spacial score (nSPS) is 16.0. The second kappa shape index (κ2) is 12.5. The number of carboxylic acids is 1. The van der Waals surface area contributed by atoms with Crippen LogP contribution in [0.4, 0.5) is 8.78 Å². The van der Waals surface area contributed by atoms with Crippen molar-refractivity contribution in [2.24, 2.45) is 0 Å². The van der Waals surface area contributed by atoms with Crippen molar-refractivity contribution in [3.8, 4) is 0 Å². The first-order chi connectivity index (χ1) is 17.5. The van der Waals surface area contributed by atoms with E-state index in [9.17, 15) is 18.7 Å². The Morgan fingerprint density at radius 1 is 0.861 bits per heavy atom. The van der Waals surface area contributed by atoms with Gasteiger partial charge in [0.25, 0.3) is 0 Å². The van der Waals surface area contributed by atoms with Crippen LogP contribution in [0.15, 0.2) is 84.9 Å². The number of hydrogen-bond acceptors (Lipinski definition) is 4. The number of piperazine rings is 1. The minimum absolute atomic E-state index is 0.326. The van der Waals surface area contributed by atoms with Crippen molar-refractivity contribution in [3.05, 3.63) is 113 Å². The largest absolute Gasteiger partial charge is 0.480 e. The van der Waals surface area contributed by atoms with Gasteiger partial charge in [-0.2, -0.15) is 0 Å². The van der Waals surface area contributed by atoms with E-state index in [1.807, 2.05) is 41.3 Å². The summed E-state index contributed by atoms with van der Waals surface area (Å²) in [6.45, 7) is 3.82. The summed E-state index contributed by atoms with van der Waals surface area (Å²) in [5, 5.41) is 9.75. The minimum atomic E-state index is -0.861. The average molecular weight is 493 g/mol. The van der Waals surface area contributed by atoms with E-state index < -0.39 is 18.1 Å². The lowest BCUT2D eigenvalue weighted by Gasteiger charge is -2.37. The van der Waals surface area contributed by atoms with E-state index >= 15 is 0 Å². The predicted molar refractivity (Wildman–Crippen MR) is 136 cm³/mol. The van der Waals surface area contributed by atoms with Crippen molar-refractivity contribution in [1.82, 2.24) is 9.80 Å². The molecule has 0 saturated carbocycles. The van der Waals surface area contributed by atoms with Crippen LogP contribution in [0, 0.1) is 11.6 Å². The van der Waals surface area contributed by atoms with Gasteiger partial charge in [0, 0.05) is 32.7 Å². The summed E-state index contributed by atoms with van der Waals surface area (Å²) < 4.78 is 33.1. The maximum Gasteiger partial charge on any atom is 0.324 e. The van der Waals surface area contributed by atoms with Crippen LogP contribution in [0.25, 0.3) is 6.08 Å². The molecule has 1 saturated heterocycles. The molecule has 0 radical (unpaired) electrons. The Hall–Kier alpha value is -3.39. The summed E-state index contributed by atoms with van der Waals surface area (Å²) in [6, 6.07) is 21.2. The molecule has 0 aliphatic carbocycles. The van der Waals surface area contributed by atoms with Gasteiger partial charge in [0.15, 0.2) is 0 Å². The first kappa shape index (κ1) is 25.7. The molecule has 1 aliphatic rings. The zero-order valence-corrected chi connectivity index (χ0v) is 20.0. The molecule has 1 atom stereocenters.